The van der Waals surface area contributed by atoms with Gasteiger partial charge in [0.25, 0.3) is 5.91 Å². The molecule has 0 atom stereocenters. The van der Waals surface area contributed by atoms with Crippen LogP contribution < -0.4 is 10.1 Å². The van der Waals surface area contributed by atoms with E-state index in [9.17, 15) is 4.79 Å². The van der Waals surface area contributed by atoms with Gasteiger partial charge in [0, 0.05) is 31.7 Å². The number of rotatable bonds is 7. The summed E-state index contributed by atoms with van der Waals surface area (Å²) in [5.41, 5.74) is 1.28. The summed E-state index contributed by atoms with van der Waals surface area (Å²) in [5, 5.41) is 3.20. The smallest absolute Gasteiger partial charge is 0.259 e. The Balaban J connectivity index is 1.74. The van der Waals surface area contributed by atoms with Crippen molar-refractivity contribution in [3.8, 4) is 11.6 Å². The summed E-state index contributed by atoms with van der Waals surface area (Å²) in [6.45, 7) is 4.10. The van der Waals surface area contributed by atoms with Crippen molar-refractivity contribution in [2.45, 2.75) is 0 Å². The van der Waals surface area contributed by atoms with Gasteiger partial charge in [0.05, 0.1) is 0 Å². The molecule has 0 aliphatic carbocycles. The van der Waals surface area contributed by atoms with Crippen molar-refractivity contribution in [3.05, 3.63) is 85.2 Å². The summed E-state index contributed by atoms with van der Waals surface area (Å²) in [5.74, 6) is 1.44. The predicted octanol–water partition coefficient (Wildman–Crippen LogP) is 4.27. The van der Waals surface area contributed by atoms with E-state index in [2.05, 4.69) is 21.9 Å². The number of nitrogens with zero attached hydrogens (tertiary/aromatic N) is 3. The summed E-state index contributed by atoms with van der Waals surface area (Å²) >= 11 is 0. The van der Waals surface area contributed by atoms with E-state index < -0.39 is 0 Å². The molecule has 0 fully saturated rings. The molecule has 1 amide bonds. The number of hydrogen-bond donors (Lipinski definition) is 1. The Morgan fingerprint density at radius 1 is 1.11 bits per heavy atom. The minimum atomic E-state index is -0.175. The Morgan fingerprint density at radius 3 is 2.59 bits per heavy atom. The lowest BCUT2D eigenvalue weighted by Gasteiger charge is -2.16. The van der Waals surface area contributed by atoms with E-state index in [-0.39, 0.29) is 11.8 Å². The summed E-state index contributed by atoms with van der Waals surface area (Å²) in [6, 6.07) is 16.4. The number of carbonyl (C=O) groups is 1. The fourth-order valence-electron chi connectivity index (χ4n) is 2.42. The van der Waals surface area contributed by atoms with E-state index in [0.717, 1.165) is 11.5 Å². The molecule has 6 heteroatoms. The summed E-state index contributed by atoms with van der Waals surface area (Å²) < 4.78 is 5.84. The van der Waals surface area contributed by atoms with Crippen LogP contribution in [0.2, 0.25) is 0 Å². The molecule has 1 aromatic carbocycles. The number of nitrogens with one attached hydrogen (secondary N) is 1. The van der Waals surface area contributed by atoms with Crippen molar-refractivity contribution in [1.82, 2.24) is 14.9 Å². The quantitative estimate of drug-likeness (QED) is 0.637. The van der Waals surface area contributed by atoms with E-state index in [1.807, 2.05) is 42.5 Å². The standard InChI is InChI=1S/C21H20N4O2/c1-3-15-25(2)21(26)18-7-6-14-23-20(18)27-17-11-9-16(10-12-17)24-19-8-4-5-13-22-19/h3-14H,1,15H2,2H3,(H,22,24). The molecule has 0 aliphatic rings. The van der Waals surface area contributed by atoms with E-state index >= 15 is 0 Å². The van der Waals surface area contributed by atoms with Crippen molar-refractivity contribution >= 4 is 17.4 Å². The Morgan fingerprint density at radius 2 is 1.89 bits per heavy atom. The highest BCUT2D eigenvalue weighted by molar-refractivity contribution is 5.96. The maximum absolute atomic E-state index is 12.5. The predicted molar refractivity (Wildman–Crippen MR) is 105 cm³/mol. The zero-order chi connectivity index (χ0) is 19.1. The SMILES string of the molecule is C=CCN(C)C(=O)c1cccnc1Oc1ccc(Nc2ccccn2)cc1. The van der Waals surface area contributed by atoms with Crippen LogP contribution in [0, 0.1) is 0 Å². The van der Waals surface area contributed by atoms with Crippen molar-refractivity contribution < 1.29 is 9.53 Å². The second kappa shape index (κ2) is 8.62. The molecule has 2 heterocycles. The Bertz CT molecular complexity index is 911. The molecule has 1 N–H and O–H groups in total. The Kier molecular flexibility index (Phi) is 5.79. The third-order valence-corrected chi connectivity index (χ3v) is 3.76. The molecule has 0 spiro atoms. The number of pyridine rings is 2. The topological polar surface area (TPSA) is 67.4 Å². The van der Waals surface area contributed by atoms with Crippen LogP contribution in [-0.2, 0) is 0 Å². The van der Waals surface area contributed by atoms with Gasteiger partial charge in [-0.1, -0.05) is 12.1 Å². The molecule has 0 aliphatic heterocycles. The molecule has 27 heavy (non-hydrogen) atoms. The number of hydrogen-bond acceptors (Lipinski definition) is 5. The number of carbonyl (C=O) groups excluding carboxylic acids is 1. The van der Waals surface area contributed by atoms with Gasteiger partial charge in [-0.15, -0.1) is 6.58 Å². The van der Waals surface area contributed by atoms with Gasteiger partial charge in [-0.2, -0.15) is 0 Å². The number of anilines is 2. The normalized spacial score (nSPS) is 10.1. The minimum absolute atomic E-state index is 0.175. The summed E-state index contributed by atoms with van der Waals surface area (Å²) in [7, 11) is 1.71. The van der Waals surface area contributed by atoms with Crippen LogP contribution in [0.25, 0.3) is 0 Å². The van der Waals surface area contributed by atoms with E-state index in [0.29, 0.717) is 17.9 Å². The maximum atomic E-state index is 12.5. The molecule has 0 radical (unpaired) electrons. The first-order chi connectivity index (χ1) is 13.2. The van der Waals surface area contributed by atoms with Gasteiger partial charge in [-0.3, -0.25) is 4.79 Å². The van der Waals surface area contributed by atoms with Crippen molar-refractivity contribution in [3.63, 3.8) is 0 Å². The van der Waals surface area contributed by atoms with E-state index in [4.69, 9.17) is 4.74 Å². The fraction of sp³-hybridized carbons (Fsp3) is 0.0952. The average molecular weight is 360 g/mol. The van der Waals surface area contributed by atoms with Gasteiger partial charge in [0.2, 0.25) is 5.88 Å². The van der Waals surface area contributed by atoms with Crippen LogP contribution >= 0.6 is 0 Å². The van der Waals surface area contributed by atoms with Gasteiger partial charge < -0.3 is 15.0 Å². The minimum Gasteiger partial charge on any atom is -0.438 e. The third kappa shape index (κ3) is 4.70. The maximum Gasteiger partial charge on any atom is 0.259 e. The first-order valence-corrected chi connectivity index (χ1v) is 8.44. The van der Waals surface area contributed by atoms with Crippen molar-refractivity contribution in [2.24, 2.45) is 0 Å². The lowest BCUT2D eigenvalue weighted by atomic mass is 10.2. The van der Waals surface area contributed by atoms with Crippen LogP contribution in [-0.4, -0.2) is 34.4 Å². The van der Waals surface area contributed by atoms with Gasteiger partial charge in [0.15, 0.2) is 0 Å². The second-order valence-electron chi connectivity index (χ2n) is 5.80. The van der Waals surface area contributed by atoms with Gasteiger partial charge in [-0.05, 0) is 48.5 Å². The highest BCUT2D eigenvalue weighted by Gasteiger charge is 2.17. The molecular weight excluding hydrogens is 340 g/mol. The molecule has 3 rings (SSSR count). The number of ether oxygens (including phenoxy) is 1. The van der Waals surface area contributed by atoms with Crippen LogP contribution in [0.1, 0.15) is 10.4 Å². The number of amides is 1. The van der Waals surface area contributed by atoms with Crippen molar-refractivity contribution in [1.29, 1.82) is 0 Å². The Labute approximate surface area is 158 Å². The molecule has 0 unspecified atom stereocenters. The molecule has 0 saturated heterocycles. The summed E-state index contributed by atoms with van der Waals surface area (Å²) in [6.07, 6.45) is 4.99. The molecule has 3 aromatic rings. The van der Waals surface area contributed by atoms with E-state index in [1.165, 1.54) is 0 Å². The lowest BCUT2D eigenvalue weighted by molar-refractivity contribution is 0.0807. The third-order valence-electron chi connectivity index (χ3n) is 3.76. The van der Waals surface area contributed by atoms with Crippen LogP contribution in [0.3, 0.4) is 0 Å². The largest absolute Gasteiger partial charge is 0.438 e. The van der Waals surface area contributed by atoms with Gasteiger partial charge in [-0.25, -0.2) is 9.97 Å². The van der Waals surface area contributed by atoms with E-state index in [1.54, 1.807) is 42.6 Å². The molecular formula is C21H20N4O2. The monoisotopic (exact) mass is 360 g/mol. The van der Waals surface area contributed by atoms with Crippen LogP contribution in [0.15, 0.2) is 79.6 Å². The Hall–Kier alpha value is -3.67. The van der Waals surface area contributed by atoms with Gasteiger partial charge in [0.1, 0.15) is 17.1 Å². The second-order valence-corrected chi connectivity index (χ2v) is 5.80. The van der Waals surface area contributed by atoms with Crippen molar-refractivity contribution in [2.75, 3.05) is 18.9 Å². The van der Waals surface area contributed by atoms with Gasteiger partial charge >= 0.3 is 0 Å². The molecule has 6 nitrogen and oxygen atoms in total. The number of aromatic nitrogens is 2. The van der Waals surface area contributed by atoms with Crippen LogP contribution in [0.5, 0.6) is 11.6 Å². The number of benzene rings is 1. The zero-order valence-electron chi connectivity index (χ0n) is 15.0. The zero-order valence-corrected chi connectivity index (χ0v) is 15.0. The number of likely N-dealkylation sites (N-methyl/N-ethyl adjacent to an activating group) is 1. The first-order valence-electron chi connectivity index (χ1n) is 8.44. The first kappa shape index (κ1) is 18.1. The average Bonchev–Trinajstić information content (AvgIpc) is 2.70. The van der Waals surface area contributed by atoms with Crippen LogP contribution in [0.4, 0.5) is 11.5 Å². The fourth-order valence-corrected chi connectivity index (χ4v) is 2.42. The molecule has 0 bridgehead atoms. The molecule has 2 aromatic heterocycles. The highest BCUT2D eigenvalue weighted by atomic mass is 16.5. The molecule has 136 valence electrons. The highest BCUT2D eigenvalue weighted by Crippen LogP contribution is 2.26. The summed E-state index contributed by atoms with van der Waals surface area (Å²) in [4.78, 5) is 22.5. The lowest BCUT2D eigenvalue weighted by Crippen LogP contribution is -2.27. The molecule has 0 saturated carbocycles.